The molecule has 160 valence electrons. The van der Waals surface area contributed by atoms with Crippen molar-refractivity contribution in [1.82, 2.24) is 9.88 Å². The number of nitrogens with zero attached hydrogens (tertiary/aromatic N) is 3. The molecule has 3 rings (SSSR count). The number of likely N-dealkylation sites (tertiary alicyclic amines) is 1. The van der Waals surface area contributed by atoms with Crippen LogP contribution in [0.3, 0.4) is 0 Å². The van der Waals surface area contributed by atoms with Gasteiger partial charge in [0.1, 0.15) is 5.82 Å². The molecule has 30 heavy (non-hydrogen) atoms. The smallest absolute Gasteiger partial charge is 0.321 e. The molecule has 1 aliphatic heterocycles. The molecular formula is C24H32N4O2. The minimum absolute atomic E-state index is 0.0227. The fourth-order valence-corrected chi connectivity index (χ4v) is 4.05. The lowest BCUT2D eigenvalue weighted by molar-refractivity contribution is 0.0858. The lowest BCUT2D eigenvalue weighted by Crippen LogP contribution is -2.42. The molecule has 2 heterocycles. The van der Waals surface area contributed by atoms with E-state index in [4.69, 9.17) is 0 Å². The van der Waals surface area contributed by atoms with Gasteiger partial charge < -0.3 is 15.1 Å². The quantitative estimate of drug-likeness (QED) is 0.706. The number of piperidine rings is 1. The van der Waals surface area contributed by atoms with Crippen molar-refractivity contribution in [1.29, 1.82) is 0 Å². The molecule has 1 saturated heterocycles. The molecule has 0 atom stereocenters. The molecule has 2 aromatic rings. The Kier molecular flexibility index (Phi) is 7.08. The topological polar surface area (TPSA) is 65.5 Å². The lowest BCUT2D eigenvalue weighted by atomic mass is 9.87. The molecule has 1 aliphatic rings. The molecule has 6 nitrogen and oxygen atoms in total. The minimum Gasteiger partial charge on any atom is -0.357 e. The molecule has 0 radical (unpaired) electrons. The number of nitrogens with one attached hydrogen (secondary N) is 1. The first-order valence-electron chi connectivity index (χ1n) is 10.8. The van der Waals surface area contributed by atoms with Crippen molar-refractivity contribution in [2.24, 2.45) is 5.92 Å². The van der Waals surface area contributed by atoms with Gasteiger partial charge in [0.25, 0.3) is 0 Å². The number of benzene rings is 1. The monoisotopic (exact) mass is 408 g/mol. The Morgan fingerprint density at radius 3 is 2.37 bits per heavy atom. The van der Waals surface area contributed by atoms with Crippen LogP contribution in [0.2, 0.25) is 0 Å². The maximum atomic E-state index is 12.9. The molecule has 1 aromatic heterocycles. The first-order valence-corrected chi connectivity index (χ1v) is 10.8. The van der Waals surface area contributed by atoms with Crippen molar-refractivity contribution in [2.75, 3.05) is 36.4 Å². The van der Waals surface area contributed by atoms with E-state index >= 15 is 0 Å². The third-order valence-corrected chi connectivity index (χ3v) is 5.89. The second-order valence-corrected chi connectivity index (χ2v) is 7.95. The highest BCUT2D eigenvalue weighted by Gasteiger charge is 2.28. The van der Waals surface area contributed by atoms with Gasteiger partial charge in [-0.1, -0.05) is 23.8 Å². The highest BCUT2D eigenvalue weighted by Crippen LogP contribution is 2.24. The lowest BCUT2D eigenvalue weighted by Gasteiger charge is -2.31. The average molecular weight is 409 g/mol. The van der Waals surface area contributed by atoms with Gasteiger partial charge in [-0.2, -0.15) is 0 Å². The number of hydrogen-bond donors (Lipinski definition) is 1. The predicted octanol–water partition coefficient (Wildman–Crippen LogP) is 4.67. The van der Waals surface area contributed by atoms with Crippen LogP contribution in [0.4, 0.5) is 16.3 Å². The van der Waals surface area contributed by atoms with E-state index in [1.807, 2.05) is 38.1 Å². The molecule has 1 aromatic carbocycles. The Morgan fingerprint density at radius 2 is 1.80 bits per heavy atom. The van der Waals surface area contributed by atoms with Crippen LogP contribution in [0.1, 0.15) is 48.2 Å². The van der Waals surface area contributed by atoms with Gasteiger partial charge in [0.15, 0.2) is 5.78 Å². The van der Waals surface area contributed by atoms with E-state index in [9.17, 15) is 9.59 Å². The third kappa shape index (κ3) is 4.99. The maximum absolute atomic E-state index is 12.9. The highest BCUT2D eigenvalue weighted by molar-refractivity contribution is 5.99. The summed E-state index contributed by atoms with van der Waals surface area (Å²) in [6.07, 6.45) is 3.08. The van der Waals surface area contributed by atoms with Gasteiger partial charge in [-0.05, 0) is 58.2 Å². The zero-order valence-corrected chi connectivity index (χ0v) is 18.4. The van der Waals surface area contributed by atoms with Crippen molar-refractivity contribution in [3.63, 3.8) is 0 Å². The minimum atomic E-state index is -0.134. The van der Waals surface area contributed by atoms with Crippen LogP contribution < -0.4 is 10.2 Å². The summed E-state index contributed by atoms with van der Waals surface area (Å²) < 4.78 is 0. The van der Waals surface area contributed by atoms with Crippen molar-refractivity contribution < 1.29 is 9.59 Å². The van der Waals surface area contributed by atoms with Gasteiger partial charge in [-0.25, -0.2) is 9.78 Å². The number of rotatable bonds is 6. The number of carbonyl (C=O) groups excluding carboxylic acids is 2. The summed E-state index contributed by atoms with van der Waals surface area (Å²) >= 11 is 0. The van der Waals surface area contributed by atoms with Gasteiger partial charge in [0, 0.05) is 37.7 Å². The Labute approximate surface area is 179 Å². The van der Waals surface area contributed by atoms with Crippen molar-refractivity contribution >= 4 is 23.3 Å². The number of Topliss-reactive ketones (excluding diaryl/α,β-unsaturated/α-hetero) is 1. The van der Waals surface area contributed by atoms with Crippen LogP contribution in [0, 0.1) is 19.8 Å². The summed E-state index contributed by atoms with van der Waals surface area (Å²) in [6.45, 7) is 11.2. The number of urea groups is 1. The summed E-state index contributed by atoms with van der Waals surface area (Å²) in [7, 11) is 0. The first kappa shape index (κ1) is 21.8. The number of carbonyl (C=O) groups is 2. The Balaban J connectivity index is 1.54. The number of pyridine rings is 1. The fraction of sp³-hybridized carbons (Fsp3) is 0.458. The molecule has 1 N–H and O–H groups in total. The fourth-order valence-electron chi connectivity index (χ4n) is 4.05. The second-order valence-electron chi connectivity index (χ2n) is 7.95. The summed E-state index contributed by atoms with van der Waals surface area (Å²) in [5.74, 6) is 1.08. The van der Waals surface area contributed by atoms with Crippen molar-refractivity contribution in [3.05, 3.63) is 53.2 Å². The van der Waals surface area contributed by atoms with E-state index in [2.05, 4.69) is 35.1 Å². The maximum Gasteiger partial charge on any atom is 0.321 e. The van der Waals surface area contributed by atoms with Crippen LogP contribution in [0.25, 0.3) is 0 Å². The Morgan fingerprint density at radius 1 is 1.10 bits per heavy atom. The molecular weight excluding hydrogens is 376 g/mol. The Bertz CT molecular complexity index is 883. The number of hydrogen-bond acceptors (Lipinski definition) is 4. The first-order chi connectivity index (χ1) is 14.4. The molecule has 6 heteroatoms. The molecule has 1 fully saturated rings. The van der Waals surface area contributed by atoms with Crippen LogP contribution in [-0.2, 0) is 0 Å². The molecule has 0 aliphatic carbocycles. The zero-order valence-electron chi connectivity index (χ0n) is 18.4. The van der Waals surface area contributed by atoms with Crippen LogP contribution >= 0.6 is 0 Å². The van der Waals surface area contributed by atoms with Gasteiger partial charge in [-0.15, -0.1) is 0 Å². The number of amides is 2. The predicted molar refractivity (Wildman–Crippen MR) is 121 cm³/mol. The van der Waals surface area contributed by atoms with E-state index in [-0.39, 0.29) is 17.7 Å². The number of ketones is 1. The molecule has 0 bridgehead atoms. The molecule has 0 saturated carbocycles. The third-order valence-electron chi connectivity index (χ3n) is 5.89. The summed E-state index contributed by atoms with van der Waals surface area (Å²) in [6, 6.07) is 9.65. The number of anilines is 2. The summed E-state index contributed by atoms with van der Waals surface area (Å²) in [4.78, 5) is 33.9. The number of aromatic nitrogens is 1. The van der Waals surface area contributed by atoms with E-state index in [0.717, 1.165) is 35.6 Å². The highest BCUT2D eigenvalue weighted by atomic mass is 16.2. The van der Waals surface area contributed by atoms with Gasteiger partial charge in [-0.3, -0.25) is 4.79 Å². The zero-order chi connectivity index (χ0) is 21.7. The second kappa shape index (κ2) is 9.74. The average Bonchev–Trinajstić information content (AvgIpc) is 2.75. The van der Waals surface area contributed by atoms with Crippen LogP contribution in [0.15, 0.2) is 36.5 Å². The summed E-state index contributed by atoms with van der Waals surface area (Å²) in [5.41, 5.74) is 3.68. The normalized spacial score (nSPS) is 14.5. The largest absolute Gasteiger partial charge is 0.357 e. The molecule has 0 spiro atoms. The Hall–Kier alpha value is -2.89. The SMILES string of the molecule is CCN(CC)c1ccc(NC(=O)N2CCC(C(=O)c3ccc(C)cc3C)CC2)cn1. The van der Waals surface area contributed by atoms with E-state index in [1.54, 1.807) is 11.1 Å². The van der Waals surface area contributed by atoms with Crippen LogP contribution in [-0.4, -0.2) is 47.9 Å². The molecule has 0 unspecified atom stereocenters. The van der Waals surface area contributed by atoms with Crippen molar-refractivity contribution in [3.8, 4) is 0 Å². The van der Waals surface area contributed by atoms with E-state index < -0.39 is 0 Å². The van der Waals surface area contributed by atoms with Gasteiger partial charge >= 0.3 is 6.03 Å². The van der Waals surface area contributed by atoms with E-state index in [0.29, 0.717) is 31.6 Å². The summed E-state index contributed by atoms with van der Waals surface area (Å²) in [5, 5.41) is 2.93. The molecule has 2 amide bonds. The van der Waals surface area contributed by atoms with Gasteiger partial charge in [0.05, 0.1) is 11.9 Å². The van der Waals surface area contributed by atoms with Crippen molar-refractivity contribution in [2.45, 2.75) is 40.5 Å². The van der Waals surface area contributed by atoms with Gasteiger partial charge in [0.2, 0.25) is 0 Å². The standard InChI is InChI=1S/C24H32N4O2/c1-5-27(6-2)22-10-8-20(16-25-22)26-24(30)28-13-11-19(12-14-28)23(29)21-9-7-17(3)15-18(21)4/h7-10,15-16,19H,5-6,11-14H2,1-4H3,(H,26,30). The van der Waals surface area contributed by atoms with Crippen LogP contribution in [0.5, 0.6) is 0 Å². The number of aryl methyl sites for hydroxylation is 2. The van der Waals surface area contributed by atoms with E-state index in [1.165, 1.54) is 0 Å².